The molecule has 0 atom stereocenters. The van der Waals surface area contributed by atoms with E-state index in [1.165, 1.54) is 0 Å². The van der Waals surface area contributed by atoms with E-state index in [0.717, 1.165) is 18.1 Å². The SMILES string of the molecule is CNc1cncc(NC(C)(C)CC(C)(C)C)n1. The summed E-state index contributed by atoms with van der Waals surface area (Å²) in [6.45, 7) is 11.1. The lowest BCUT2D eigenvalue weighted by atomic mass is 9.82. The fourth-order valence-corrected chi connectivity index (χ4v) is 2.26. The van der Waals surface area contributed by atoms with Gasteiger partial charge in [-0.25, -0.2) is 4.98 Å². The van der Waals surface area contributed by atoms with E-state index in [1.54, 1.807) is 12.4 Å². The highest BCUT2D eigenvalue weighted by molar-refractivity contribution is 5.42. The van der Waals surface area contributed by atoms with Gasteiger partial charge in [-0.15, -0.1) is 0 Å². The number of hydrogen-bond acceptors (Lipinski definition) is 4. The Morgan fingerprint density at radius 3 is 2.18 bits per heavy atom. The van der Waals surface area contributed by atoms with Crippen molar-refractivity contribution < 1.29 is 0 Å². The van der Waals surface area contributed by atoms with Gasteiger partial charge in [0.15, 0.2) is 0 Å². The Bertz CT molecular complexity index is 366. The van der Waals surface area contributed by atoms with Crippen molar-refractivity contribution in [2.24, 2.45) is 5.41 Å². The average Bonchev–Trinajstić information content (AvgIpc) is 2.13. The largest absolute Gasteiger partial charge is 0.372 e. The van der Waals surface area contributed by atoms with Gasteiger partial charge in [0.25, 0.3) is 0 Å². The van der Waals surface area contributed by atoms with Crippen LogP contribution in [0.3, 0.4) is 0 Å². The molecule has 1 aromatic rings. The number of nitrogens with one attached hydrogen (secondary N) is 2. The van der Waals surface area contributed by atoms with Crippen LogP contribution in [0.5, 0.6) is 0 Å². The van der Waals surface area contributed by atoms with E-state index in [0.29, 0.717) is 0 Å². The molecule has 0 unspecified atom stereocenters. The second kappa shape index (κ2) is 4.90. The third-order valence-electron chi connectivity index (χ3n) is 2.33. The van der Waals surface area contributed by atoms with Gasteiger partial charge in [0, 0.05) is 12.6 Å². The summed E-state index contributed by atoms with van der Waals surface area (Å²) in [6, 6.07) is 0. The van der Waals surface area contributed by atoms with Crippen molar-refractivity contribution in [2.45, 2.75) is 46.6 Å². The smallest absolute Gasteiger partial charge is 0.147 e. The topological polar surface area (TPSA) is 49.8 Å². The normalized spacial score (nSPS) is 12.4. The molecule has 0 radical (unpaired) electrons. The zero-order valence-corrected chi connectivity index (χ0v) is 11.8. The zero-order chi connectivity index (χ0) is 13.1. The van der Waals surface area contributed by atoms with E-state index in [1.807, 2.05) is 7.05 Å². The minimum absolute atomic E-state index is 0.000700. The Balaban J connectivity index is 2.75. The molecule has 0 aliphatic carbocycles. The maximum atomic E-state index is 4.42. The maximum absolute atomic E-state index is 4.42. The lowest BCUT2D eigenvalue weighted by molar-refractivity contribution is 0.302. The Morgan fingerprint density at radius 2 is 1.65 bits per heavy atom. The van der Waals surface area contributed by atoms with Crippen LogP contribution in [0.15, 0.2) is 12.4 Å². The Kier molecular flexibility index (Phi) is 3.96. The quantitative estimate of drug-likeness (QED) is 0.843. The van der Waals surface area contributed by atoms with E-state index >= 15 is 0 Å². The van der Waals surface area contributed by atoms with Crippen LogP contribution in [0.2, 0.25) is 0 Å². The van der Waals surface area contributed by atoms with E-state index in [2.05, 4.69) is 55.2 Å². The minimum atomic E-state index is -0.000700. The summed E-state index contributed by atoms with van der Waals surface area (Å²) in [7, 11) is 1.84. The van der Waals surface area contributed by atoms with E-state index < -0.39 is 0 Å². The van der Waals surface area contributed by atoms with Gasteiger partial charge >= 0.3 is 0 Å². The molecule has 0 aliphatic heterocycles. The molecular weight excluding hydrogens is 212 g/mol. The zero-order valence-electron chi connectivity index (χ0n) is 11.8. The first-order valence-electron chi connectivity index (χ1n) is 6.00. The summed E-state index contributed by atoms with van der Waals surface area (Å²) in [5, 5.41) is 6.42. The summed E-state index contributed by atoms with van der Waals surface area (Å²) in [5.41, 5.74) is 0.282. The third-order valence-corrected chi connectivity index (χ3v) is 2.33. The molecule has 1 aromatic heterocycles. The van der Waals surface area contributed by atoms with Gasteiger partial charge in [0.2, 0.25) is 0 Å². The van der Waals surface area contributed by atoms with Crippen LogP contribution in [-0.4, -0.2) is 22.6 Å². The highest BCUT2D eigenvalue weighted by Crippen LogP contribution is 2.29. The molecule has 4 heteroatoms. The van der Waals surface area contributed by atoms with E-state index in [4.69, 9.17) is 0 Å². The highest BCUT2D eigenvalue weighted by Gasteiger charge is 2.25. The molecule has 0 saturated carbocycles. The summed E-state index contributed by atoms with van der Waals surface area (Å²) < 4.78 is 0. The fraction of sp³-hybridized carbons (Fsp3) is 0.692. The molecule has 1 heterocycles. The van der Waals surface area contributed by atoms with Crippen LogP contribution < -0.4 is 10.6 Å². The first-order chi connectivity index (χ1) is 7.72. The minimum Gasteiger partial charge on any atom is -0.372 e. The van der Waals surface area contributed by atoms with Gasteiger partial charge in [-0.3, -0.25) is 4.98 Å². The first kappa shape index (κ1) is 13.7. The lowest BCUT2D eigenvalue weighted by Crippen LogP contribution is -2.35. The van der Waals surface area contributed by atoms with Crippen molar-refractivity contribution in [2.75, 3.05) is 17.7 Å². The maximum Gasteiger partial charge on any atom is 0.147 e. The Morgan fingerprint density at radius 1 is 1.06 bits per heavy atom. The molecule has 0 aliphatic rings. The summed E-state index contributed by atoms with van der Waals surface area (Å²) in [4.78, 5) is 8.57. The first-order valence-corrected chi connectivity index (χ1v) is 6.00. The molecular formula is C13H24N4. The van der Waals surface area contributed by atoms with Crippen LogP contribution in [0.25, 0.3) is 0 Å². The van der Waals surface area contributed by atoms with Crippen LogP contribution in [0, 0.1) is 5.41 Å². The molecule has 4 nitrogen and oxygen atoms in total. The van der Waals surface area contributed by atoms with Gasteiger partial charge in [-0.05, 0) is 25.7 Å². The second-order valence-corrected chi connectivity index (χ2v) is 6.29. The number of anilines is 2. The van der Waals surface area contributed by atoms with Crippen LogP contribution in [0.4, 0.5) is 11.6 Å². The molecule has 96 valence electrons. The van der Waals surface area contributed by atoms with Gasteiger partial charge in [0.05, 0.1) is 12.4 Å². The van der Waals surface area contributed by atoms with Crippen molar-refractivity contribution >= 4 is 11.6 Å². The molecule has 1 rings (SSSR count). The van der Waals surface area contributed by atoms with Crippen molar-refractivity contribution in [1.82, 2.24) is 9.97 Å². The van der Waals surface area contributed by atoms with Crippen molar-refractivity contribution in [1.29, 1.82) is 0 Å². The molecule has 0 saturated heterocycles. The highest BCUT2D eigenvalue weighted by atomic mass is 15.1. The summed E-state index contributed by atoms with van der Waals surface area (Å²) >= 11 is 0. The molecule has 0 bridgehead atoms. The van der Waals surface area contributed by atoms with Crippen molar-refractivity contribution in [3.05, 3.63) is 12.4 Å². The number of aromatic nitrogens is 2. The molecule has 0 spiro atoms. The predicted octanol–water partition coefficient (Wildman–Crippen LogP) is 3.15. The molecule has 17 heavy (non-hydrogen) atoms. The standard InChI is InChI=1S/C13H24N4/c1-12(2,3)9-13(4,5)17-11-8-15-7-10(14-6)16-11/h7-8H,9H2,1-6H3,(H2,14,16,17). The monoisotopic (exact) mass is 236 g/mol. The average molecular weight is 236 g/mol. The van der Waals surface area contributed by atoms with Crippen molar-refractivity contribution in [3.63, 3.8) is 0 Å². The Hall–Kier alpha value is -1.32. The lowest BCUT2D eigenvalue weighted by Gasteiger charge is -2.33. The Labute approximate surface area is 104 Å². The van der Waals surface area contributed by atoms with Crippen LogP contribution in [-0.2, 0) is 0 Å². The number of rotatable bonds is 4. The van der Waals surface area contributed by atoms with E-state index in [9.17, 15) is 0 Å². The van der Waals surface area contributed by atoms with Crippen LogP contribution >= 0.6 is 0 Å². The van der Waals surface area contributed by atoms with Gasteiger partial charge in [0.1, 0.15) is 11.6 Å². The van der Waals surface area contributed by atoms with Crippen molar-refractivity contribution in [3.8, 4) is 0 Å². The fourth-order valence-electron chi connectivity index (χ4n) is 2.26. The molecule has 2 N–H and O–H groups in total. The van der Waals surface area contributed by atoms with E-state index in [-0.39, 0.29) is 11.0 Å². The van der Waals surface area contributed by atoms with Gasteiger partial charge < -0.3 is 10.6 Å². The summed E-state index contributed by atoms with van der Waals surface area (Å²) in [5.74, 6) is 1.59. The van der Waals surface area contributed by atoms with Crippen LogP contribution in [0.1, 0.15) is 41.0 Å². The second-order valence-electron chi connectivity index (χ2n) is 6.29. The van der Waals surface area contributed by atoms with Gasteiger partial charge in [-0.1, -0.05) is 20.8 Å². The third kappa shape index (κ3) is 5.02. The predicted molar refractivity (Wildman–Crippen MR) is 73.4 cm³/mol. The molecule has 0 amide bonds. The number of nitrogens with zero attached hydrogens (tertiary/aromatic N) is 2. The molecule has 0 aromatic carbocycles. The van der Waals surface area contributed by atoms with Gasteiger partial charge in [-0.2, -0.15) is 0 Å². The number of hydrogen-bond donors (Lipinski definition) is 2. The summed E-state index contributed by atoms with van der Waals surface area (Å²) in [6.07, 6.45) is 4.53. The molecule has 0 fully saturated rings.